The third kappa shape index (κ3) is 3.87. The van der Waals surface area contributed by atoms with Crippen LogP contribution < -0.4 is 10.6 Å². The Morgan fingerprint density at radius 1 is 0.692 bits per heavy atom. The molecule has 1 heterocycles. The van der Waals surface area contributed by atoms with Gasteiger partial charge in [0.2, 0.25) is 0 Å². The summed E-state index contributed by atoms with van der Waals surface area (Å²) in [4.78, 5) is 0. The third-order valence-corrected chi connectivity index (χ3v) is 4.20. The Labute approximate surface area is 156 Å². The molecule has 3 aromatic carbocycles. The minimum atomic E-state index is 0.718. The van der Waals surface area contributed by atoms with Crippen molar-refractivity contribution in [3.63, 3.8) is 0 Å². The molecular formula is C21H17ClN4. The van der Waals surface area contributed by atoms with Crippen LogP contribution in [0, 0.1) is 0 Å². The summed E-state index contributed by atoms with van der Waals surface area (Å²) in [6.45, 7) is 0. The van der Waals surface area contributed by atoms with E-state index >= 15 is 0 Å². The van der Waals surface area contributed by atoms with Crippen LogP contribution in [0.15, 0.2) is 84.9 Å². The fraction of sp³-hybridized carbons (Fsp3) is 0. The Morgan fingerprint density at radius 3 is 2.00 bits per heavy atom. The summed E-state index contributed by atoms with van der Waals surface area (Å²) in [5.41, 5.74) is 5.04. The molecule has 3 N–H and O–H groups in total. The second-order valence-electron chi connectivity index (χ2n) is 5.87. The van der Waals surface area contributed by atoms with E-state index in [4.69, 9.17) is 11.6 Å². The molecular weight excluding hydrogens is 344 g/mol. The zero-order valence-corrected chi connectivity index (χ0v) is 14.7. The van der Waals surface area contributed by atoms with Gasteiger partial charge in [0.25, 0.3) is 0 Å². The van der Waals surface area contributed by atoms with Crippen molar-refractivity contribution in [1.29, 1.82) is 0 Å². The number of hydrogen-bond acceptors (Lipinski definition) is 3. The molecule has 0 atom stereocenters. The molecule has 0 radical (unpaired) electrons. The van der Waals surface area contributed by atoms with Crippen LogP contribution in [0.1, 0.15) is 0 Å². The predicted octanol–water partition coefficient (Wildman–Crippen LogP) is 6.22. The number of benzene rings is 3. The summed E-state index contributed by atoms with van der Waals surface area (Å²) in [5.74, 6) is 0.763. The molecule has 4 nitrogen and oxygen atoms in total. The molecule has 0 aliphatic rings. The molecule has 0 amide bonds. The molecule has 0 fully saturated rings. The number of halogens is 1. The summed E-state index contributed by atoms with van der Waals surface area (Å²) in [5, 5.41) is 14.7. The minimum Gasteiger partial charge on any atom is -0.356 e. The van der Waals surface area contributed by atoms with Crippen molar-refractivity contribution in [2.75, 3.05) is 10.6 Å². The molecule has 1 aromatic heterocycles. The highest BCUT2D eigenvalue weighted by atomic mass is 35.5. The maximum absolute atomic E-state index is 5.93. The first-order valence-corrected chi connectivity index (χ1v) is 8.64. The molecule has 4 rings (SSSR count). The quantitative estimate of drug-likeness (QED) is 0.396. The van der Waals surface area contributed by atoms with Gasteiger partial charge in [-0.2, -0.15) is 5.10 Å². The van der Waals surface area contributed by atoms with Gasteiger partial charge in [0.1, 0.15) is 0 Å². The molecule has 128 valence electrons. The Bertz CT molecular complexity index is 977. The number of anilines is 4. The van der Waals surface area contributed by atoms with E-state index in [9.17, 15) is 0 Å². The van der Waals surface area contributed by atoms with E-state index in [2.05, 4.69) is 20.8 Å². The highest BCUT2D eigenvalue weighted by Gasteiger charge is 2.04. The van der Waals surface area contributed by atoms with Gasteiger partial charge < -0.3 is 10.6 Å². The number of aromatic nitrogens is 2. The maximum atomic E-state index is 5.93. The highest BCUT2D eigenvalue weighted by molar-refractivity contribution is 6.30. The largest absolute Gasteiger partial charge is 0.356 e. The van der Waals surface area contributed by atoms with Gasteiger partial charge in [-0.3, -0.25) is 5.10 Å². The lowest BCUT2D eigenvalue weighted by Gasteiger charge is -2.08. The van der Waals surface area contributed by atoms with E-state index in [1.165, 1.54) is 0 Å². The van der Waals surface area contributed by atoms with Gasteiger partial charge in [-0.15, -0.1) is 0 Å². The number of nitrogens with one attached hydrogen (secondary N) is 3. The molecule has 0 saturated carbocycles. The van der Waals surface area contributed by atoms with Crippen molar-refractivity contribution >= 4 is 34.5 Å². The van der Waals surface area contributed by atoms with Crippen molar-refractivity contribution in [3.05, 3.63) is 90.0 Å². The van der Waals surface area contributed by atoms with E-state index in [0.717, 1.165) is 39.2 Å². The van der Waals surface area contributed by atoms with Crippen molar-refractivity contribution in [2.24, 2.45) is 0 Å². The van der Waals surface area contributed by atoms with Gasteiger partial charge in [-0.1, -0.05) is 41.9 Å². The minimum absolute atomic E-state index is 0.718. The highest BCUT2D eigenvalue weighted by Crippen LogP contribution is 2.24. The van der Waals surface area contributed by atoms with Crippen LogP contribution in [0.25, 0.3) is 11.3 Å². The third-order valence-electron chi connectivity index (χ3n) is 3.95. The van der Waals surface area contributed by atoms with Crippen molar-refractivity contribution in [2.45, 2.75) is 0 Å². The standard InChI is InChI=1S/C21H17ClN4/c22-16-8-6-15(7-9-16)20-14-21(26-25-20)24-19-12-10-18(11-13-19)23-17-4-2-1-3-5-17/h1-14,23H,(H2,24,25,26). The lowest BCUT2D eigenvalue weighted by molar-refractivity contribution is 1.10. The Morgan fingerprint density at radius 2 is 1.31 bits per heavy atom. The summed E-state index contributed by atoms with van der Waals surface area (Å²) >= 11 is 5.93. The van der Waals surface area contributed by atoms with Crippen LogP contribution in [0.5, 0.6) is 0 Å². The molecule has 0 spiro atoms. The van der Waals surface area contributed by atoms with Crippen molar-refractivity contribution < 1.29 is 0 Å². The number of hydrogen-bond donors (Lipinski definition) is 3. The molecule has 26 heavy (non-hydrogen) atoms. The number of nitrogens with zero attached hydrogens (tertiary/aromatic N) is 1. The van der Waals surface area contributed by atoms with E-state index in [1.807, 2.05) is 84.9 Å². The fourth-order valence-electron chi connectivity index (χ4n) is 2.64. The molecule has 5 heteroatoms. The average molecular weight is 361 g/mol. The van der Waals surface area contributed by atoms with E-state index in [-0.39, 0.29) is 0 Å². The number of rotatable bonds is 5. The van der Waals surface area contributed by atoms with E-state index < -0.39 is 0 Å². The van der Waals surface area contributed by atoms with Crippen molar-refractivity contribution in [1.82, 2.24) is 10.2 Å². The molecule has 0 aliphatic carbocycles. The average Bonchev–Trinajstić information content (AvgIpc) is 3.13. The van der Waals surface area contributed by atoms with Crippen LogP contribution in [0.2, 0.25) is 5.02 Å². The van der Waals surface area contributed by atoms with Gasteiger partial charge in [0, 0.05) is 28.2 Å². The van der Waals surface area contributed by atoms with Crippen LogP contribution >= 0.6 is 11.6 Å². The second-order valence-corrected chi connectivity index (χ2v) is 6.30. The van der Waals surface area contributed by atoms with Crippen LogP contribution in [0.4, 0.5) is 22.9 Å². The lowest BCUT2D eigenvalue weighted by atomic mass is 10.1. The molecule has 4 aromatic rings. The molecule has 0 unspecified atom stereocenters. The summed E-state index contributed by atoms with van der Waals surface area (Å²) in [6, 6.07) is 27.8. The van der Waals surface area contributed by atoms with E-state index in [1.54, 1.807) is 0 Å². The maximum Gasteiger partial charge on any atom is 0.152 e. The fourth-order valence-corrected chi connectivity index (χ4v) is 2.76. The van der Waals surface area contributed by atoms with Gasteiger partial charge in [-0.05, 0) is 54.1 Å². The van der Waals surface area contributed by atoms with Gasteiger partial charge in [0.15, 0.2) is 5.82 Å². The molecule has 0 bridgehead atoms. The summed E-state index contributed by atoms with van der Waals surface area (Å²) in [6.07, 6.45) is 0. The van der Waals surface area contributed by atoms with Crippen LogP contribution in [-0.2, 0) is 0 Å². The molecule has 0 saturated heterocycles. The Balaban J connectivity index is 1.44. The predicted molar refractivity (Wildman–Crippen MR) is 108 cm³/mol. The smallest absolute Gasteiger partial charge is 0.152 e. The van der Waals surface area contributed by atoms with E-state index in [0.29, 0.717) is 0 Å². The van der Waals surface area contributed by atoms with Crippen LogP contribution in [0.3, 0.4) is 0 Å². The first-order valence-electron chi connectivity index (χ1n) is 8.27. The Kier molecular flexibility index (Phi) is 4.58. The van der Waals surface area contributed by atoms with Crippen LogP contribution in [-0.4, -0.2) is 10.2 Å². The first kappa shape index (κ1) is 16.2. The van der Waals surface area contributed by atoms with Gasteiger partial charge >= 0.3 is 0 Å². The topological polar surface area (TPSA) is 52.7 Å². The summed E-state index contributed by atoms with van der Waals surface area (Å²) < 4.78 is 0. The first-order chi connectivity index (χ1) is 12.8. The Hall–Kier alpha value is -3.24. The van der Waals surface area contributed by atoms with Gasteiger partial charge in [-0.25, -0.2) is 0 Å². The van der Waals surface area contributed by atoms with Gasteiger partial charge in [0.05, 0.1) is 5.69 Å². The molecule has 0 aliphatic heterocycles. The number of H-pyrrole nitrogens is 1. The normalized spacial score (nSPS) is 10.5. The summed E-state index contributed by atoms with van der Waals surface area (Å²) in [7, 11) is 0. The number of aromatic amines is 1. The zero-order valence-electron chi connectivity index (χ0n) is 13.9. The lowest BCUT2D eigenvalue weighted by Crippen LogP contribution is -1.92. The second kappa shape index (κ2) is 7.33. The SMILES string of the molecule is Clc1ccc(-c2cc(Nc3ccc(Nc4ccccc4)cc3)n[nH]2)cc1. The van der Waals surface area contributed by atoms with Crippen molar-refractivity contribution in [3.8, 4) is 11.3 Å². The zero-order chi connectivity index (χ0) is 17.8. The monoisotopic (exact) mass is 360 g/mol. The number of para-hydroxylation sites is 1.